The van der Waals surface area contributed by atoms with Crippen LogP contribution in [0.4, 0.5) is 9.59 Å². The van der Waals surface area contributed by atoms with Crippen molar-refractivity contribution in [2.45, 2.75) is 131 Å². The van der Waals surface area contributed by atoms with E-state index in [1.54, 1.807) is 0 Å². The maximum atomic E-state index is 13.3. The number of carbonyl (C=O) groups is 2. The van der Waals surface area contributed by atoms with Crippen LogP contribution < -0.4 is 0 Å². The van der Waals surface area contributed by atoms with Crippen molar-refractivity contribution in [2.24, 2.45) is 10.8 Å². The molecule has 10 nitrogen and oxygen atoms in total. The van der Waals surface area contributed by atoms with Gasteiger partial charge in [-0.1, -0.05) is 76.2 Å². The van der Waals surface area contributed by atoms with Crippen molar-refractivity contribution in [2.75, 3.05) is 0 Å². The van der Waals surface area contributed by atoms with Crippen molar-refractivity contribution in [1.29, 1.82) is 0 Å². The van der Waals surface area contributed by atoms with E-state index in [0.717, 1.165) is 58.1 Å². The van der Waals surface area contributed by atoms with Gasteiger partial charge in [-0.3, -0.25) is 9.80 Å². The van der Waals surface area contributed by atoms with Gasteiger partial charge in [0.15, 0.2) is 0 Å². The molecule has 2 saturated heterocycles. The van der Waals surface area contributed by atoms with Gasteiger partial charge >= 0.3 is 12.2 Å². The Morgan fingerprint density at radius 2 is 0.923 bits per heavy atom. The number of likely N-dealkylation sites (tertiary alicyclic amines) is 2. The molecule has 0 unspecified atom stereocenters. The second-order valence-corrected chi connectivity index (χ2v) is 18.0. The summed E-state index contributed by atoms with van der Waals surface area (Å²) in [5.41, 5.74) is 4.50. The highest BCUT2D eigenvalue weighted by molar-refractivity contribution is 5.73. The molecule has 2 aromatic carbocycles. The van der Waals surface area contributed by atoms with Crippen molar-refractivity contribution in [1.82, 2.24) is 29.7 Å². The molecule has 4 atom stereocenters. The van der Waals surface area contributed by atoms with E-state index in [2.05, 4.69) is 100 Å². The largest absolute Gasteiger partial charge is 0.444 e. The Hall–Kier alpha value is -4.60. The molecule has 2 N–H and O–H groups in total. The van der Waals surface area contributed by atoms with Crippen molar-refractivity contribution < 1.29 is 19.1 Å². The van der Waals surface area contributed by atoms with Gasteiger partial charge in [0.1, 0.15) is 22.9 Å². The number of nitrogens with zero attached hydrogens (tertiary/aromatic N) is 4. The molecule has 4 aromatic rings. The molecule has 0 spiro atoms. The van der Waals surface area contributed by atoms with E-state index in [4.69, 9.17) is 19.4 Å². The lowest BCUT2D eigenvalue weighted by molar-refractivity contribution is 0.0108. The average molecular weight is 709 g/mol. The Kier molecular flexibility index (Phi) is 9.37. The van der Waals surface area contributed by atoms with Gasteiger partial charge in [-0.15, -0.1) is 0 Å². The van der Waals surface area contributed by atoms with Crippen molar-refractivity contribution in [3.05, 3.63) is 72.6 Å². The first-order valence-corrected chi connectivity index (χ1v) is 18.5. The van der Waals surface area contributed by atoms with Gasteiger partial charge in [-0.05, 0) is 90.2 Å². The third-order valence-corrected chi connectivity index (χ3v) is 10.9. The maximum Gasteiger partial charge on any atom is 0.411 e. The van der Waals surface area contributed by atoms with E-state index < -0.39 is 11.2 Å². The molecule has 0 radical (unpaired) electrons. The molecular formula is C42H56N6O4. The van der Waals surface area contributed by atoms with Crippen LogP contribution in [0.2, 0.25) is 0 Å². The van der Waals surface area contributed by atoms with Gasteiger partial charge in [0, 0.05) is 35.6 Å². The molecule has 2 amide bonds. The Morgan fingerprint density at radius 1 is 0.615 bits per heavy atom. The molecule has 2 fully saturated rings. The highest BCUT2D eigenvalue weighted by Crippen LogP contribution is 2.49. The number of aromatic amines is 2. The van der Waals surface area contributed by atoms with Crippen molar-refractivity contribution in [3.63, 3.8) is 0 Å². The number of amides is 2. The monoisotopic (exact) mass is 708 g/mol. The Labute approximate surface area is 308 Å². The summed E-state index contributed by atoms with van der Waals surface area (Å²) in [6.07, 6.45) is 4.79. The Morgan fingerprint density at radius 3 is 1.23 bits per heavy atom. The number of hydrogen-bond acceptors (Lipinski definition) is 6. The van der Waals surface area contributed by atoms with Crippen LogP contribution >= 0.6 is 0 Å². The highest BCUT2D eigenvalue weighted by Gasteiger charge is 2.50. The van der Waals surface area contributed by atoms with Crippen LogP contribution in [0.15, 0.2) is 60.9 Å². The van der Waals surface area contributed by atoms with Crippen LogP contribution in [0.25, 0.3) is 33.6 Å². The summed E-state index contributed by atoms with van der Waals surface area (Å²) in [4.78, 5) is 46.9. The van der Waals surface area contributed by atoms with E-state index >= 15 is 0 Å². The first-order valence-electron chi connectivity index (χ1n) is 18.5. The molecule has 0 bridgehead atoms. The Bertz CT molecular complexity index is 1770. The predicted molar refractivity (Wildman–Crippen MR) is 204 cm³/mol. The normalized spacial score (nSPS) is 22.8. The van der Waals surface area contributed by atoms with E-state index in [9.17, 15) is 9.59 Å². The molecule has 0 saturated carbocycles. The molecule has 2 aliphatic rings. The van der Waals surface area contributed by atoms with Crippen molar-refractivity contribution in [3.8, 4) is 33.6 Å². The quantitative estimate of drug-likeness (QED) is 0.213. The van der Waals surface area contributed by atoms with Crippen LogP contribution in [0, 0.1) is 10.8 Å². The molecule has 2 aromatic heterocycles. The molecule has 6 rings (SSSR count). The zero-order chi connectivity index (χ0) is 38.0. The van der Waals surface area contributed by atoms with E-state index in [1.807, 2.05) is 63.7 Å². The van der Waals surface area contributed by atoms with Gasteiger partial charge < -0.3 is 19.4 Å². The summed E-state index contributed by atoms with van der Waals surface area (Å²) in [5.74, 6) is 1.53. The molecule has 52 heavy (non-hydrogen) atoms. The van der Waals surface area contributed by atoms with Gasteiger partial charge in [-0.2, -0.15) is 0 Å². The number of benzene rings is 2. The molecule has 10 heteroatoms. The number of hydrogen-bond donors (Lipinski definition) is 2. The van der Waals surface area contributed by atoms with Gasteiger partial charge in [0.2, 0.25) is 0 Å². The smallest absolute Gasteiger partial charge is 0.411 e. The summed E-state index contributed by atoms with van der Waals surface area (Å²) in [7, 11) is 0. The lowest BCUT2D eigenvalue weighted by Crippen LogP contribution is -2.42. The summed E-state index contributed by atoms with van der Waals surface area (Å²) >= 11 is 0. The molecule has 4 heterocycles. The van der Waals surface area contributed by atoms with Crippen LogP contribution in [0.1, 0.15) is 120 Å². The zero-order valence-electron chi connectivity index (χ0n) is 32.9. The fourth-order valence-corrected chi connectivity index (χ4v) is 7.46. The fourth-order valence-electron chi connectivity index (χ4n) is 7.46. The lowest BCUT2D eigenvalue weighted by Gasteiger charge is -2.32. The third-order valence-electron chi connectivity index (χ3n) is 10.9. The highest BCUT2D eigenvalue weighted by atomic mass is 16.6. The van der Waals surface area contributed by atoms with Crippen LogP contribution in [0.5, 0.6) is 0 Å². The van der Waals surface area contributed by atoms with E-state index in [0.29, 0.717) is 0 Å². The molecule has 2 aliphatic heterocycles. The maximum absolute atomic E-state index is 13.3. The topological polar surface area (TPSA) is 116 Å². The number of carbonyl (C=O) groups excluding carboxylic acids is 2. The number of imidazole rings is 2. The van der Waals surface area contributed by atoms with Crippen LogP contribution in [-0.2, 0) is 9.47 Å². The number of rotatable bonds is 5. The fraction of sp³-hybridized carbons (Fsp3) is 0.524. The molecular weight excluding hydrogens is 652 g/mol. The van der Waals surface area contributed by atoms with E-state index in [1.165, 1.54) is 0 Å². The third kappa shape index (κ3) is 7.48. The second-order valence-electron chi connectivity index (χ2n) is 18.0. The number of aromatic nitrogens is 4. The summed E-state index contributed by atoms with van der Waals surface area (Å²) in [6.45, 7) is 24.3. The van der Waals surface area contributed by atoms with Gasteiger partial charge in [-0.25, -0.2) is 19.6 Å². The molecule has 278 valence electrons. The van der Waals surface area contributed by atoms with E-state index in [-0.39, 0.29) is 47.2 Å². The summed E-state index contributed by atoms with van der Waals surface area (Å²) < 4.78 is 11.6. The minimum absolute atomic E-state index is 0.000281. The van der Waals surface area contributed by atoms with Gasteiger partial charge in [0.05, 0.1) is 23.5 Å². The van der Waals surface area contributed by atoms with Crippen LogP contribution in [0.3, 0.4) is 0 Å². The average Bonchev–Trinajstić information content (AvgIpc) is 3.81. The van der Waals surface area contributed by atoms with Crippen molar-refractivity contribution >= 4 is 12.2 Å². The SMILES string of the molecule is C[C@H]1N(C(=O)OC(C)(C)C)[C@H](c2nc(-c3ccc(-c4ccc(-c5c[nH]c([C@@H]6CC(C)(C)[C@@H](C)N6C(=O)OC(C)(C)C)n5)cc4)cc3)c[nH]2)CC1(C)C. The summed E-state index contributed by atoms with van der Waals surface area (Å²) in [5, 5.41) is 0. The standard InChI is InChI=1S/C42H56N6O4/c1-25-41(9,10)21-33(47(25)37(49)51-39(3,4)5)35-43-23-31(45-35)29-17-13-27(14-18-29)28-15-19-30(20-16-28)32-24-44-36(46-32)34-22-42(11,12)26(2)48(34)38(50)52-40(6,7)8/h13-20,23-26,33-34H,21-22H2,1-12H3,(H,43,45)(H,44,46)/t25-,26-,33+,34+/m1/s1. The second kappa shape index (κ2) is 13.1. The Balaban J connectivity index is 1.16. The minimum atomic E-state index is -0.578. The lowest BCUT2D eigenvalue weighted by atomic mass is 9.84. The van der Waals surface area contributed by atoms with Crippen LogP contribution in [-0.4, -0.2) is 65.2 Å². The predicted octanol–water partition coefficient (Wildman–Crippen LogP) is 10.3. The number of H-pyrrole nitrogens is 2. The molecule has 0 aliphatic carbocycles. The zero-order valence-corrected chi connectivity index (χ0v) is 32.9. The first kappa shape index (κ1) is 37.2. The minimum Gasteiger partial charge on any atom is -0.444 e. The van der Waals surface area contributed by atoms with Gasteiger partial charge in [0.25, 0.3) is 0 Å². The number of nitrogens with one attached hydrogen (secondary N) is 2. The number of ether oxygens (including phenoxy) is 2. The first-order chi connectivity index (χ1) is 24.1. The summed E-state index contributed by atoms with van der Waals surface area (Å²) in [6, 6.07) is 16.3.